The number of benzene rings is 2. The van der Waals surface area contributed by atoms with Gasteiger partial charge in [-0.25, -0.2) is 9.78 Å². The van der Waals surface area contributed by atoms with Crippen LogP contribution >= 0.6 is 11.6 Å². The second kappa shape index (κ2) is 13.0. The number of amides is 1. The van der Waals surface area contributed by atoms with E-state index < -0.39 is 18.1 Å². The van der Waals surface area contributed by atoms with Crippen LogP contribution in [-0.2, 0) is 15.9 Å². The van der Waals surface area contributed by atoms with E-state index in [1.807, 2.05) is 6.07 Å². The van der Waals surface area contributed by atoms with Gasteiger partial charge in [-0.3, -0.25) is 9.69 Å². The fraction of sp³-hybridized carbons (Fsp3) is 0.267. The molecule has 45 heavy (non-hydrogen) atoms. The van der Waals surface area contributed by atoms with Gasteiger partial charge in [0.25, 0.3) is 5.56 Å². The largest absolute Gasteiger partial charge is 0.465 e. The van der Waals surface area contributed by atoms with Crippen LogP contribution in [0.3, 0.4) is 0 Å². The number of rotatable bonds is 11. The van der Waals surface area contributed by atoms with E-state index in [0.29, 0.717) is 59.1 Å². The maximum atomic E-state index is 15.3. The molecule has 0 unspecified atom stereocenters. The minimum atomic E-state index is -1.13. The number of fused-ring (bicyclic) bond motifs is 1. The molecule has 1 aliphatic rings. The van der Waals surface area contributed by atoms with Crippen molar-refractivity contribution in [2.45, 2.75) is 18.9 Å². The Hall–Kier alpha value is -4.92. The lowest BCUT2D eigenvalue weighted by Gasteiger charge is -2.19. The predicted octanol–water partition coefficient (Wildman–Crippen LogP) is 4.36. The molecule has 1 amide bonds. The molecule has 232 valence electrons. The Morgan fingerprint density at radius 2 is 1.96 bits per heavy atom. The molecule has 13 nitrogen and oxygen atoms in total. The number of nitrogens with one attached hydrogen (secondary N) is 1. The zero-order chi connectivity index (χ0) is 31.5. The van der Waals surface area contributed by atoms with Crippen LogP contribution in [0.4, 0.5) is 14.9 Å². The van der Waals surface area contributed by atoms with E-state index in [1.54, 1.807) is 54.1 Å². The summed E-state index contributed by atoms with van der Waals surface area (Å²) in [6.45, 7) is 1.11. The van der Waals surface area contributed by atoms with Crippen molar-refractivity contribution in [3.05, 3.63) is 93.6 Å². The van der Waals surface area contributed by atoms with Crippen LogP contribution in [0.15, 0.2) is 65.7 Å². The molecule has 1 atom stereocenters. The number of nitrogens with zero attached hydrogens (tertiary/aromatic N) is 7. The number of tetrazole rings is 1. The van der Waals surface area contributed by atoms with Crippen molar-refractivity contribution >= 4 is 23.4 Å². The molecule has 4 heterocycles. The van der Waals surface area contributed by atoms with Crippen molar-refractivity contribution < 1.29 is 23.8 Å². The minimum Gasteiger partial charge on any atom is -0.465 e. The smallest absolute Gasteiger partial charge is 0.411 e. The van der Waals surface area contributed by atoms with E-state index in [9.17, 15) is 14.7 Å². The summed E-state index contributed by atoms with van der Waals surface area (Å²) in [4.78, 5) is 33.6. The number of methoxy groups -OCH3 is 1. The highest BCUT2D eigenvalue weighted by atomic mass is 35.5. The summed E-state index contributed by atoms with van der Waals surface area (Å²) < 4.78 is 28.7. The van der Waals surface area contributed by atoms with Crippen LogP contribution in [0.5, 0.6) is 0 Å². The zero-order valence-electron chi connectivity index (χ0n) is 24.1. The molecule has 2 N–H and O–H groups in total. The Bertz CT molecular complexity index is 1880. The molecule has 15 heteroatoms. The Labute approximate surface area is 260 Å². The first kappa shape index (κ1) is 30.1. The van der Waals surface area contributed by atoms with E-state index in [2.05, 4.69) is 25.5 Å². The van der Waals surface area contributed by atoms with Crippen LogP contribution in [-0.4, -0.2) is 79.4 Å². The molecule has 0 spiro atoms. The second-order valence-corrected chi connectivity index (χ2v) is 10.7. The molecular formula is C30H28ClFN8O5. The topological polar surface area (TPSA) is 153 Å². The maximum Gasteiger partial charge on any atom is 0.411 e. The van der Waals surface area contributed by atoms with E-state index in [0.717, 1.165) is 10.6 Å². The Kier molecular flexibility index (Phi) is 8.69. The maximum absolute atomic E-state index is 15.3. The number of halogens is 2. The Morgan fingerprint density at radius 1 is 1.13 bits per heavy atom. The highest BCUT2D eigenvalue weighted by Gasteiger charge is 2.30. The van der Waals surface area contributed by atoms with E-state index in [1.165, 1.54) is 17.1 Å². The quantitative estimate of drug-likeness (QED) is 0.202. The number of ether oxygens (including phenoxy) is 2. The normalized spacial score (nSPS) is 14.1. The molecule has 6 rings (SSSR count). The van der Waals surface area contributed by atoms with Crippen LogP contribution in [0.2, 0.25) is 5.02 Å². The van der Waals surface area contributed by atoms with Crippen molar-refractivity contribution in [1.82, 2.24) is 34.7 Å². The molecule has 0 bridgehead atoms. The first-order valence-electron chi connectivity index (χ1n) is 14.1. The standard InChI is InChI=1S/C30H28ClFN8O5/c1-44-12-13-45-11-10-38(30(42)43)21-5-2-18(3-6-21)29-34-27(28(32)35-29)25-9-7-22-14-19(15-26(41)40(22)25)23-16-20(31)4-8-24(23)39-17-33-36-37-39/h2-6,8,14-17,25H,7,9-13H2,1H3,(H,34,35)(H,42,43)/t25-/m0/s1. The fourth-order valence-electron chi connectivity index (χ4n) is 5.49. The van der Waals surface area contributed by atoms with Crippen LogP contribution in [0.25, 0.3) is 28.2 Å². The number of aromatic amines is 1. The number of imidazole rings is 1. The van der Waals surface area contributed by atoms with Crippen LogP contribution < -0.4 is 10.5 Å². The van der Waals surface area contributed by atoms with Crippen LogP contribution in [0.1, 0.15) is 23.9 Å². The Morgan fingerprint density at radius 3 is 2.69 bits per heavy atom. The third-order valence-electron chi connectivity index (χ3n) is 7.59. The molecule has 0 saturated heterocycles. The van der Waals surface area contributed by atoms with Gasteiger partial charge in [0, 0.05) is 40.7 Å². The summed E-state index contributed by atoms with van der Waals surface area (Å²) in [5, 5.41) is 21.5. The number of hydrogen-bond acceptors (Lipinski definition) is 8. The number of pyridine rings is 1. The Balaban J connectivity index is 1.24. The monoisotopic (exact) mass is 634 g/mol. The highest BCUT2D eigenvalue weighted by molar-refractivity contribution is 6.31. The zero-order valence-corrected chi connectivity index (χ0v) is 24.8. The number of anilines is 1. The molecule has 0 saturated carbocycles. The first-order valence-corrected chi connectivity index (χ1v) is 14.4. The summed E-state index contributed by atoms with van der Waals surface area (Å²) in [5.74, 6) is -0.443. The number of aryl methyl sites for hydroxylation is 1. The van der Waals surface area contributed by atoms with Crippen molar-refractivity contribution in [1.29, 1.82) is 0 Å². The molecule has 2 aromatic carbocycles. The average Bonchev–Trinajstić information content (AvgIpc) is 3.79. The molecule has 0 radical (unpaired) electrons. The van der Waals surface area contributed by atoms with Gasteiger partial charge >= 0.3 is 6.09 Å². The second-order valence-electron chi connectivity index (χ2n) is 10.3. The predicted molar refractivity (Wildman–Crippen MR) is 162 cm³/mol. The van der Waals surface area contributed by atoms with Gasteiger partial charge in [0.1, 0.15) is 12.2 Å². The molecule has 3 aromatic heterocycles. The molecule has 1 aliphatic heterocycles. The summed E-state index contributed by atoms with van der Waals surface area (Å²) in [6.07, 6.45) is 1.36. The molecule has 5 aromatic rings. The van der Waals surface area contributed by atoms with E-state index >= 15 is 4.39 Å². The van der Waals surface area contributed by atoms with Gasteiger partial charge in [0.05, 0.1) is 43.8 Å². The minimum absolute atomic E-state index is 0.131. The fourth-order valence-corrected chi connectivity index (χ4v) is 5.66. The lowest BCUT2D eigenvalue weighted by Crippen LogP contribution is -2.32. The first-order chi connectivity index (χ1) is 21.8. The number of hydrogen-bond donors (Lipinski definition) is 2. The van der Waals surface area contributed by atoms with E-state index in [-0.39, 0.29) is 30.2 Å². The lowest BCUT2D eigenvalue weighted by molar-refractivity contribution is 0.0738. The van der Waals surface area contributed by atoms with Crippen molar-refractivity contribution in [3.8, 4) is 28.2 Å². The van der Waals surface area contributed by atoms with E-state index in [4.69, 9.17) is 21.1 Å². The summed E-state index contributed by atoms with van der Waals surface area (Å²) in [6, 6.07) is 14.6. The number of carboxylic acid groups (broad SMARTS) is 1. The van der Waals surface area contributed by atoms with Gasteiger partial charge in [-0.2, -0.15) is 9.07 Å². The van der Waals surface area contributed by atoms with Crippen LogP contribution in [0, 0.1) is 5.95 Å². The highest BCUT2D eigenvalue weighted by Crippen LogP contribution is 2.35. The third kappa shape index (κ3) is 6.20. The van der Waals surface area contributed by atoms with Gasteiger partial charge in [-0.15, -0.1) is 5.10 Å². The molecule has 0 fully saturated rings. The summed E-state index contributed by atoms with van der Waals surface area (Å²) in [7, 11) is 1.56. The van der Waals surface area contributed by atoms with Crippen molar-refractivity contribution in [3.63, 3.8) is 0 Å². The average molecular weight is 635 g/mol. The molecule has 0 aliphatic carbocycles. The van der Waals surface area contributed by atoms with Gasteiger partial charge < -0.3 is 24.1 Å². The summed E-state index contributed by atoms with van der Waals surface area (Å²) >= 11 is 6.30. The summed E-state index contributed by atoms with van der Waals surface area (Å²) in [5.41, 5.74) is 3.60. The van der Waals surface area contributed by atoms with Gasteiger partial charge in [-0.05, 0) is 77.4 Å². The van der Waals surface area contributed by atoms with Crippen molar-refractivity contribution in [2.24, 2.45) is 0 Å². The number of H-pyrrole nitrogens is 1. The van der Waals surface area contributed by atoms with Crippen molar-refractivity contribution in [2.75, 3.05) is 38.4 Å². The third-order valence-corrected chi connectivity index (χ3v) is 7.83. The van der Waals surface area contributed by atoms with Gasteiger partial charge in [0.15, 0.2) is 0 Å². The number of carbonyl (C=O) groups is 1. The lowest BCUT2D eigenvalue weighted by atomic mass is 10.0. The SMILES string of the molecule is COCCOCCN(C(=O)O)c1ccc(-c2nc(F)c([C@@H]3CCc4cc(-c5cc(Cl)ccc5-n5cnnn5)cc(=O)n43)[nH]2)cc1. The molecular weight excluding hydrogens is 607 g/mol. The number of aromatic nitrogens is 7. The van der Waals surface area contributed by atoms with Gasteiger partial charge in [-0.1, -0.05) is 11.6 Å². The van der Waals surface area contributed by atoms with Gasteiger partial charge in [0.2, 0.25) is 5.95 Å².